The van der Waals surface area contributed by atoms with E-state index in [2.05, 4.69) is 31.9 Å². The Labute approximate surface area is 187 Å². The van der Waals surface area contributed by atoms with Crippen molar-refractivity contribution < 1.29 is 9.59 Å². The van der Waals surface area contributed by atoms with Crippen LogP contribution in [0.15, 0.2) is 78.0 Å². The van der Waals surface area contributed by atoms with Crippen LogP contribution in [0, 0.1) is 0 Å². The van der Waals surface area contributed by atoms with Crippen molar-refractivity contribution in [1.29, 1.82) is 0 Å². The van der Waals surface area contributed by atoms with E-state index in [0.29, 0.717) is 22.6 Å². The van der Waals surface area contributed by atoms with Crippen LogP contribution in [0.2, 0.25) is 0 Å². The quantitative estimate of drug-likeness (QED) is 0.222. The van der Waals surface area contributed by atoms with Gasteiger partial charge in [0.05, 0.1) is 11.5 Å². The molecule has 0 aliphatic rings. The van der Waals surface area contributed by atoms with Crippen molar-refractivity contribution in [3.63, 3.8) is 0 Å². The van der Waals surface area contributed by atoms with Gasteiger partial charge in [-0.25, -0.2) is 0 Å². The number of ketones is 2. The van der Waals surface area contributed by atoms with Gasteiger partial charge in [-0.15, -0.1) is 23.5 Å². The van der Waals surface area contributed by atoms with Gasteiger partial charge in [-0.3, -0.25) is 9.59 Å². The molecule has 1 aromatic heterocycles. The molecule has 0 aliphatic heterocycles. The van der Waals surface area contributed by atoms with Crippen molar-refractivity contribution in [2.75, 3.05) is 11.5 Å². The molecule has 2 aromatic carbocycles. The van der Waals surface area contributed by atoms with E-state index in [1.54, 1.807) is 11.3 Å². The van der Waals surface area contributed by atoms with Crippen LogP contribution in [0.3, 0.4) is 0 Å². The monoisotopic (exact) mass is 540 g/mol. The first-order valence-electron chi connectivity index (χ1n) is 7.92. The van der Waals surface area contributed by atoms with Crippen LogP contribution in [0.4, 0.5) is 0 Å². The van der Waals surface area contributed by atoms with Crippen LogP contribution in [0.1, 0.15) is 20.7 Å². The fraction of sp³-hybridized carbons (Fsp3) is 0.100. The van der Waals surface area contributed by atoms with Crippen molar-refractivity contribution in [3.8, 4) is 0 Å². The van der Waals surface area contributed by atoms with E-state index in [1.165, 1.54) is 23.5 Å². The number of carbonyl (C=O) groups is 2. The van der Waals surface area contributed by atoms with Gasteiger partial charge < -0.3 is 0 Å². The molecule has 1 heterocycles. The number of benzene rings is 2. The predicted molar refractivity (Wildman–Crippen MR) is 123 cm³/mol. The van der Waals surface area contributed by atoms with Crippen molar-refractivity contribution in [3.05, 3.63) is 79.4 Å². The maximum absolute atomic E-state index is 12.3. The molecule has 0 amide bonds. The van der Waals surface area contributed by atoms with Crippen molar-refractivity contribution in [1.82, 2.24) is 0 Å². The van der Waals surface area contributed by atoms with Gasteiger partial charge in [0.25, 0.3) is 0 Å². The van der Waals surface area contributed by atoms with Crippen molar-refractivity contribution >= 4 is 78.3 Å². The summed E-state index contributed by atoms with van der Waals surface area (Å²) < 4.78 is 1.91. The SMILES string of the molecule is O=C(CSc1cscc1SCC(=O)c1ccc(Br)cc1)c1ccc(Br)cc1. The van der Waals surface area contributed by atoms with Crippen LogP contribution in [-0.2, 0) is 0 Å². The molecule has 2 nitrogen and oxygen atoms in total. The number of halogens is 2. The van der Waals surface area contributed by atoms with E-state index >= 15 is 0 Å². The first-order chi connectivity index (χ1) is 13.0. The van der Waals surface area contributed by atoms with Gasteiger partial charge in [-0.05, 0) is 24.3 Å². The van der Waals surface area contributed by atoms with Crippen molar-refractivity contribution in [2.24, 2.45) is 0 Å². The normalized spacial score (nSPS) is 10.7. The highest BCUT2D eigenvalue weighted by molar-refractivity contribution is 9.10. The second kappa shape index (κ2) is 10.1. The molecule has 0 unspecified atom stereocenters. The molecule has 0 saturated heterocycles. The second-order valence-electron chi connectivity index (χ2n) is 5.54. The Morgan fingerprint density at radius 2 is 1.07 bits per heavy atom. The average molecular weight is 542 g/mol. The number of carbonyl (C=O) groups excluding carboxylic acids is 2. The summed E-state index contributed by atoms with van der Waals surface area (Å²) in [4.78, 5) is 26.8. The molecule has 0 saturated carbocycles. The third kappa shape index (κ3) is 6.06. The molecule has 138 valence electrons. The molecule has 27 heavy (non-hydrogen) atoms. The zero-order valence-corrected chi connectivity index (χ0v) is 19.6. The Bertz CT molecular complexity index is 859. The highest BCUT2D eigenvalue weighted by atomic mass is 79.9. The molecule has 7 heteroatoms. The Kier molecular flexibility index (Phi) is 7.78. The van der Waals surface area contributed by atoms with Gasteiger partial charge in [0.15, 0.2) is 11.6 Å². The largest absolute Gasteiger partial charge is 0.293 e. The second-order valence-corrected chi connectivity index (χ2v) is 10.1. The summed E-state index contributed by atoms with van der Waals surface area (Å²) in [7, 11) is 0. The smallest absolute Gasteiger partial charge is 0.173 e. The van der Waals surface area contributed by atoms with Crippen LogP contribution in [0.25, 0.3) is 0 Å². The highest BCUT2D eigenvalue weighted by Gasteiger charge is 2.13. The maximum atomic E-state index is 12.3. The van der Waals surface area contributed by atoms with Gasteiger partial charge >= 0.3 is 0 Å². The molecule has 3 rings (SSSR count). The van der Waals surface area contributed by atoms with Crippen LogP contribution >= 0.6 is 66.7 Å². The number of hydrogen-bond acceptors (Lipinski definition) is 5. The van der Waals surface area contributed by atoms with E-state index in [4.69, 9.17) is 0 Å². The van der Waals surface area contributed by atoms with Crippen LogP contribution in [-0.4, -0.2) is 23.1 Å². The number of thiophene rings is 1. The number of Topliss-reactive ketones (excluding diaryl/α,β-unsaturated/α-hetero) is 2. The molecule has 0 fully saturated rings. The Balaban J connectivity index is 1.56. The van der Waals surface area contributed by atoms with Gasteiger partial charge in [-0.2, -0.15) is 11.3 Å². The number of hydrogen-bond donors (Lipinski definition) is 0. The van der Waals surface area contributed by atoms with E-state index < -0.39 is 0 Å². The molecule has 0 spiro atoms. The maximum Gasteiger partial charge on any atom is 0.173 e. The Morgan fingerprint density at radius 1 is 0.704 bits per heavy atom. The fourth-order valence-corrected chi connectivity index (χ4v) is 6.00. The molecule has 3 aromatic rings. The summed E-state index contributed by atoms with van der Waals surface area (Å²) >= 11 is 11.4. The van der Waals surface area contributed by atoms with E-state index in [9.17, 15) is 9.59 Å². The lowest BCUT2D eigenvalue weighted by Gasteiger charge is -2.05. The Hall–Kier alpha value is -0.860. The summed E-state index contributed by atoms with van der Waals surface area (Å²) in [5, 5.41) is 4.07. The molecule has 0 atom stereocenters. The van der Waals surface area contributed by atoms with Gasteiger partial charge in [0.2, 0.25) is 0 Å². The summed E-state index contributed by atoms with van der Waals surface area (Å²) in [5.41, 5.74) is 1.42. The van der Waals surface area contributed by atoms with Gasteiger partial charge in [0.1, 0.15) is 0 Å². The van der Waals surface area contributed by atoms with E-state index in [0.717, 1.165) is 18.7 Å². The zero-order chi connectivity index (χ0) is 19.2. The average Bonchev–Trinajstić information content (AvgIpc) is 3.12. The minimum atomic E-state index is 0.0978. The lowest BCUT2D eigenvalue weighted by Crippen LogP contribution is -2.03. The van der Waals surface area contributed by atoms with E-state index in [1.807, 2.05) is 59.3 Å². The molecule has 0 bridgehead atoms. The van der Waals surface area contributed by atoms with Gasteiger partial charge in [-0.1, -0.05) is 56.1 Å². The van der Waals surface area contributed by atoms with Gasteiger partial charge in [0, 0.05) is 40.6 Å². The van der Waals surface area contributed by atoms with Crippen LogP contribution in [0.5, 0.6) is 0 Å². The Morgan fingerprint density at radius 3 is 1.44 bits per heavy atom. The van der Waals surface area contributed by atoms with Crippen molar-refractivity contribution in [2.45, 2.75) is 9.79 Å². The third-order valence-electron chi connectivity index (χ3n) is 3.64. The third-order valence-corrected chi connectivity index (χ3v) is 7.98. The topological polar surface area (TPSA) is 34.1 Å². The zero-order valence-electron chi connectivity index (χ0n) is 14.0. The van der Waals surface area contributed by atoms with E-state index in [-0.39, 0.29) is 11.6 Å². The molecular weight excluding hydrogens is 528 g/mol. The number of rotatable bonds is 8. The first kappa shape index (κ1) is 20.9. The fourth-order valence-electron chi connectivity index (χ4n) is 2.21. The summed E-state index contributed by atoms with van der Waals surface area (Å²) in [6.07, 6.45) is 0. The minimum Gasteiger partial charge on any atom is -0.293 e. The lowest BCUT2D eigenvalue weighted by atomic mass is 10.2. The molecule has 0 aliphatic carbocycles. The minimum absolute atomic E-state index is 0.0978. The first-order valence-corrected chi connectivity index (χ1v) is 12.4. The number of thioether (sulfide) groups is 2. The highest BCUT2D eigenvalue weighted by Crippen LogP contribution is 2.35. The predicted octanol–water partition coefficient (Wildman–Crippen LogP) is 7.22. The standard InChI is InChI=1S/C20H14Br2O2S3/c21-15-5-1-13(2-6-15)17(23)9-26-19-11-25-12-20(19)27-10-18(24)14-3-7-16(22)8-4-14/h1-8,11-12H,9-10H2. The summed E-state index contributed by atoms with van der Waals surface area (Å²) in [6.45, 7) is 0. The molecule has 0 N–H and O–H groups in total. The molecular formula is C20H14Br2O2S3. The summed E-state index contributed by atoms with van der Waals surface area (Å²) in [6, 6.07) is 14.8. The van der Waals surface area contributed by atoms with Crippen LogP contribution < -0.4 is 0 Å². The molecule has 0 radical (unpaired) electrons. The lowest BCUT2D eigenvalue weighted by molar-refractivity contribution is 0.101. The summed E-state index contributed by atoms with van der Waals surface area (Å²) in [5.74, 6) is 0.959.